The van der Waals surface area contributed by atoms with E-state index in [9.17, 15) is 9.90 Å². The molecule has 122 valence electrons. The molecule has 0 amide bonds. The van der Waals surface area contributed by atoms with Crippen LogP contribution < -0.4 is 16.2 Å². The van der Waals surface area contributed by atoms with Gasteiger partial charge in [0.25, 0.3) is 0 Å². The third kappa shape index (κ3) is 4.91. The molecule has 0 saturated carbocycles. The van der Waals surface area contributed by atoms with Gasteiger partial charge in [0.2, 0.25) is 0 Å². The predicted octanol–water partition coefficient (Wildman–Crippen LogP) is 2.02. The van der Waals surface area contributed by atoms with Gasteiger partial charge in [-0.1, -0.05) is 12.1 Å². The van der Waals surface area contributed by atoms with Crippen molar-refractivity contribution in [3.8, 4) is 0 Å². The number of carboxylic acids is 1. The number of thioether (sulfide) groups is 1. The van der Waals surface area contributed by atoms with E-state index in [1.54, 1.807) is 42.1 Å². The van der Waals surface area contributed by atoms with Gasteiger partial charge in [-0.25, -0.2) is 0 Å². The van der Waals surface area contributed by atoms with Gasteiger partial charge in [0.1, 0.15) is 5.84 Å². The molecule has 23 heavy (non-hydrogen) atoms. The Hall–Kier alpha value is -2.18. The van der Waals surface area contributed by atoms with E-state index in [0.717, 1.165) is 4.90 Å². The van der Waals surface area contributed by atoms with Gasteiger partial charge in [-0.05, 0) is 48.2 Å². The second kappa shape index (κ2) is 8.45. The van der Waals surface area contributed by atoms with Crippen LogP contribution >= 0.6 is 24.2 Å². The molecule has 2 aromatic carbocycles. The number of halogens is 1. The van der Waals surface area contributed by atoms with E-state index in [1.165, 1.54) is 0 Å². The molecule has 0 aliphatic heterocycles. The number of carbonyl (C=O) groups is 1. The topological polar surface area (TPSA) is 102 Å². The number of benzene rings is 2. The highest BCUT2D eigenvalue weighted by atomic mass is 35.5. The molecule has 0 aliphatic rings. The summed E-state index contributed by atoms with van der Waals surface area (Å²) in [5.74, 6) is -1.23. The summed E-state index contributed by atoms with van der Waals surface area (Å²) in [6.45, 7) is 0. The molecule has 1 atom stereocenters. The van der Waals surface area contributed by atoms with Gasteiger partial charge in [-0.3, -0.25) is 5.41 Å². The zero-order chi connectivity index (χ0) is 16.1. The Balaban J connectivity index is 0.00000264. The van der Waals surface area contributed by atoms with Crippen LogP contribution in [0.3, 0.4) is 0 Å². The standard InChI is InChI=1S/C16H17N3O2S.ClH/c1-22-13-4-2-3-11(9-13)14(16(20)21)19-12-7-5-10(6-8-12)15(17)18;/h2-9,14,19H,1H3,(H3,17,18)(H,20,21);1H/p-1. The number of nitrogen functional groups attached to an aromatic ring is 1. The fourth-order valence-corrected chi connectivity index (χ4v) is 2.48. The normalized spacial score (nSPS) is 11.2. The Labute approximate surface area is 145 Å². The summed E-state index contributed by atoms with van der Waals surface area (Å²) in [4.78, 5) is 12.4. The van der Waals surface area contributed by atoms with Crippen LogP contribution in [0.5, 0.6) is 0 Å². The predicted molar refractivity (Wildman–Crippen MR) is 94.3 cm³/mol. The molecule has 0 radical (unpaired) electrons. The lowest BCUT2D eigenvalue weighted by molar-refractivity contribution is -0.307. The Morgan fingerprint density at radius 3 is 2.43 bits per heavy atom. The molecule has 5 nitrogen and oxygen atoms in total. The van der Waals surface area contributed by atoms with Crippen molar-refractivity contribution in [2.24, 2.45) is 5.73 Å². The SMILES string of the molecule is CSc1cccc(C(Nc2ccc(C(=N)N)cc2)C(=O)[O-])c1.Cl. The van der Waals surface area contributed by atoms with Crippen LogP contribution in [0.15, 0.2) is 53.4 Å². The van der Waals surface area contributed by atoms with E-state index in [2.05, 4.69) is 5.32 Å². The molecule has 1 unspecified atom stereocenters. The number of nitrogens with one attached hydrogen (secondary N) is 2. The summed E-state index contributed by atoms with van der Waals surface area (Å²) >= 11 is 1.54. The smallest absolute Gasteiger partial charge is 0.122 e. The highest BCUT2D eigenvalue weighted by molar-refractivity contribution is 7.98. The molecule has 0 saturated heterocycles. The monoisotopic (exact) mass is 350 g/mol. The third-order valence-corrected chi connectivity index (χ3v) is 3.90. The quantitative estimate of drug-likeness (QED) is 0.420. The van der Waals surface area contributed by atoms with Gasteiger partial charge in [-0.15, -0.1) is 24.2 Å². The summed E-state index contributed by atoms with van der Waals surface area (Å²) in [5, 5.41) is 21.7. The maximum absolute atomic E-state index is 11.4. The summed E-state index contributed by atoms with van der Waals surface area (Å²) in [7, 11) is 0. The van der Waals surface area contributed by atoms with Gasteiger partial charge in [0.15, 0.2) is 0 Å². The minimum Gasteiger partial charge on any atom is -0.548 e. The van der Waals surface area contributed by atoms with Crippen molar-refractivity contribution in [1.82, 2.24) is 0 Å². The van der Waals surface area contributed by atoms with Crippen molar-refractivity contribution in [1.29, 1.82) is 5.41 Å². The van der Waals surface area contributed by atoms with E-state index in [4.69, 9.17) is 11.1 Å². The van der Waals surface area contributed by atoms with Crippen molar-refractivity contribution in [2.75, 3.05) is 11.6 Å². The van der Waals surface area contributed by atoms with Gasteiger partial charge < -0.3 is 21.0 Å². The first kappa shape index (κ1) is 18.9. The first-order valence-electron chi connectivity index (χ1n) is 6.57. The molecule has 2 aromatic rings. The fourth-order valence-electron chi connectivity index (χ4n) is 2.01. The molecule has 0 aliphatic carbocycles. The molecular weight excluding hydrogens is 334 g/mol. The molecule has 4 N–H and O–H groups in total. The van der Waals surface area contributed by atoms with Crippen LogP contribution in [0.2, 0.25) is 0 Å². The number of anilines is 1. The Morgan fingerprint density at radius 1 is 1.26 bits per heavy atom. The van der Waals surface area contributed by atoms with Crippen LogP contribution in [0.1, 0.15) is 17.2 Å². The minimum absolute atomic E-state index is 0. The van der Waals surface area contributed by atoms with Crippen LogP contribution in [0.25, 0.3) is 0 Å². The number of rotatable bonds is 6. The Kier molecular flexibility index (Phi) is 6.93. The van der Waals surface area contributed by atoms with Crippen molar-refractivity contribution in [2.45, 2.75) is 10.9 Å². The zero-order valence-corrected chi connectivity index (χ0v) is 14.0. The van der Waals surface area contributed by atoms with Crippen molar-refractivity contribution in [3.05, 3.63) is 59.7 Å². The van der Waals surface area contributed by atoms with E-state index in [1.807, 2.05) is 24.5 Å². The average molecular weight is 351 g/mol. The van der Waals surface area contributed by atoms with Gasteiger partial charge in [0.05, 0.1) is 12.0 Å². The molecule has 0 heterocycles. The maximum atomic E-state index is 11.4. The first-order valence-corrected chi connectivity index (χ1v) is 7.79. The van der Waals surface area contributed by atoms with Crippen LogP contribution in [0, 0.1) is 5.41 Å². The second-order valence-corrected chi connectivity index (χ2v) is 5.54. The van der Waals surface area contributed by atoms with Crippen LogP contribution in [0.4, 0.5) is 5.69 Å². The number of hydrogen-bond acceptors (Lipinski definition) is 5. The van der Waals surface area contributed by atoms with Gasteiger partial charge in [0, 0.05) is 16.1 Å². The number of aliphatic carboxylic acids is 1. The molecule has 0 spiro atoms. The highest BCUT2D eigenvalue weighted by Crippen LogP contribution is 2.23. The zero-order valence-electron chi connectivity index (χ0n) is 12.4. The van der Waals surface area contributed by atoms with E-state index in [-0.39, 0.29) is 18.2 Å². The molecule has 0 bridgehead atoms. The average Bonchev–Trinajstić information content (AvgIpc) is 2.52. The van der Waals surface area contributed by atoms with Crippen LogP contribution in [-0.2, 0) is 4.79 Å². The van der Waals surface area contributed by atoms with Crippen molar-refractivity contribution in [3.63, 3.8) is 0 Å². The molecule has 7 heteroatoms. The van der Waals surface area contributed by atoms with Crippen molar-refractivity contribution >= 4 is 41.7 Å². The van der Waals surface area contributed by atoms with Gasteiger partial charge >= 0.3 is 0 Å². The number of hydrogen-bond donors (Lipinski definition) is 3. The maximum Gasteiger partial charge on any atom is 0.122 e. The second-order valence-electron chi connectivity index (χ2n) is 4.66. The molecule has 2 rings (SSSR count). The lowest BCUT2D eigenvalue weighted by Gasteiger charge is -2.22. The minimum atomic E-state index is -1.20. The lowest BCUT2D eigenvalue weighted by Crippen LogP contribution is -2.34. The molecular formula is C16H17ClN3O2S-. The summed E-state index contributed by atoms with van der Waals surface area (Å²) in [6.07, 6.45) is 1.93. The van der Waals surface area contributed by atoms with Gasteiger partial charge in [-0.2, -0.15) is 0 Å². The van der Waals surface area contributed by atoms with E-state index < -0.39 is 12.0 Å². The number of carboxylic acid groups (broad SMARTS) is 1. The lowest BCUT2D eigenvalue weighted by atomic mass is 10.1. The summed E-state index contributed by atoms with van der Waals surface area (Å²) in [5.41, 5.74) is 7.22. The highest BCUT2D eigenvalue weighted by Gasteiger charge is 2.13. The number of amidine groups is 1. The Morgan fingerprint density at radius 2 is 1.91 bits per heavy atom. The third-order valence-electron chi connectivity index (χ3n) is 3.17. The number of nitrogens with two attached hydrogens (primary N) is 1. The van der Waals surface area contributed by atoms with E-state index in [0.29, 0.717) is 16.8 Å². The Bertz CT molecular complexity index is 692. The fraction of sp³-hybridized carbons (Fsp3) is 0.125. The number of carbonyl (C=O) groups excluding carboxylic acids is 1. The van der Waals surface area contributed by atoms with Crippen LogP contribution in [-0.4, -0.2) is 18.1 Å². The molecule has 0 aromatic heterocycles. The molecule has 0 fully saturated rings. The van der Waals surface area contributed by atoms with Crippen molar-refractivity contribution < 1.29 is 9.90 Å². The largest absolute Gasteiger partial charge is 0.548 e. The van der Waals surface area contributed by atoms with E-state index >= 15 is 0 Å². The first-order chi connectivity index (χ1) is 10.5. The summed E-state index contributed by atoms with van der Waals surface area (Å²) < 4.78 is 0. The summed E-state index contributed by atoms with van der Waals surface area (Å²) in [6, 6.07) is 13.1.